The highest BCUT2D eigenvalue weighted by Gasteiger charge is 2.31. The van der Waals surface area contributed by atoms with Crippen molar-refractivity contribution in [3.05, 3.63) is 108 Å². The third-order valence-electron chi connectivity index (χ3n) is 5.26. The topological polar surface area (TPSA) is 0 Å². The van der Waals surface area contributed by atoms with Gasteiger partial charge in [-0.3, -0.25) is 0 Å². The molecule has 2 aliphatic rings. The van der Waals surface area contributed by atoms with E-state index in [0.717, 1.165) is 0 Å². The normalized spacial score (nSPS) is 20.2. The van der Waals surface area contributed by atoms with Crippen LogP contribution in [0.3, 0.4) is 0 Å². The molecule has 0 radical (unpaired) electrons. The summed E-state index contributed by atoms with van der Waals surface area (Å²) in [5.74, 6) is 0.883. The Balaban J connectivity index is 1.75. The molecule has 0 bridgehead atoms. The highest BCUT2D eigenvalue weighted by atomic mass is 14.3. The molecular weight excluding hydrogens is 288 g/mol. The molecule has 0 N–H and O–H groups in total. The average Bonchev–Trinajstić information content (AvgIpc) is 2.68. The summed E-state index contributed by atoms with van der Waals surface area (Å²) >= 11 is 0. The van der Waals surface area contributed by atoms with Gasteiger partial charge in [-0.1, -0.05) is 91.0 Å². The Labute approximate surface area is 142 Å². The molecule has 24 heavy (non-hydrogen) atoms. The lowest BCUT2D eigenvalue weighted by Gasteiger charge is -2.34. The molecule has 2 atom stereocenters. The molecule has 0 spiro atoms. The summed E-state index contributed by atoms with van der Waals surface area (Å²) in [7, 11) is 0. The molecule has 0 amide bonds. The van der Waals surface area contributed by atoms with Crippen LogP contribution in [0, 0.1) is 0 Å². The van der Waals surface area contributed by atoms with Crippen molar-refractivity contribution in [2.45, 2.75) is 11.8 Å². The Kier molecular flexibility index (Phi) is 3.02. The second-order valence-electron chi connectivity index (χ2n) is 6.58. The van der Waals surface area contributed by atoms with Crippen LogP contribution in [-0.2, 0) is 0 Å². The van der Waals surface area contributed by atoms with Crippen molar-refractivity contribution in [2.75, 3.05) is 0 Å². The fraction of sp³-hybridized carbons (Fsp3) is 0.0833. The van der Waals surface area contributed by atoms with Gasteiger partial charge >= 0.3 is 0 Å². The van der Waals surface area contributed by atoms with Crippen molar-refractivity contribution >= 4 is 0 Å². The van der Waals surface area contributed by atoms with E-state index in [4.69, 9.17) is 0 Å². The second-order valence-corrected chi connectivity index (χ2v) is 6.58. The van der Waals surface area contributed by atoms with Crippen LogP contribution in [0.1, 0.15) is 23.0 Å². The summed E-state index contributed by atoms with van der Waals surface area (Å²) in [6.45, 7) is 0. The lowest BCUT2D eigenvalue weighted by atomic mass is 9.69. The molecule has 0 heterocycles. The molecule has 3 aromatic rings. The van der Waals surface area contributed by atoms with E-state index in [9.17, 15) is 0 Å². The van der Waals surface area contributed by atoms with Crippen molar-refractivity contribution in [3.8, 4) is 22.3 Å². The Morgan fingerprint density at radius 3 is 2.00 bits per heavy atom. The van der Waals surface area contributed by atoms with Crippen molar-refractivity contribution in [1.82, 2.24) is 0 Å². The van der Waals surface area contributed by atoms with Gasteiger partial charge in [0.2, 0.25) is 0 Å². The number of fused-ring (bicyclic) bond motifs is 6. The lowest BCUT2D eigenvalue weighted by molar-refractivity contribution is 0.720. The highest BCUT2D eigenvalue weighted by molar-refractivity contribution is 5.80. The summed E-state index contributed by atoms with van der Waals surface area (Å²) in [6.07, 6.45) is 9.08. The van der Waals surface area contributed by atoms with Gasteiger partial charge < -0.3 is 0 Å². The summed E-state index contributed by atoms with van der Waals surface area (Å²) in [6, 6.07) is 26.5. The number of hydrogen-bond donors (Lipinski definition) is 0. The maximum atomic E-state index is 2.39. The van der Waals surface area contributed by atoms with Gasteiger partial charge in [0.1, 0.15) is 0 Å². The second kappa shape index (κ2) is 5.35. The van der Waals surface area contributed by atoms with Gasteiger partial charge in [0, 0.05) is 11.8 Å². The van der Waals surface area contributed by atoms with Crippen LogP contribution in [0.5, 0.6) is 0 Å². The van der Waals surface area contributed by atoms with E-state index in [1.807, 2.05) is 0 Å². The summed E-state index contributed by atoms with van der Waals surface area (Å²) < 4.78 is 0. The Morgan fingerprint density at radius 1 is 0.500 bits per heavy atom. The smallest absolute Gasteiger partial charge is 0.0131 e. The first-order valence-electron chi connectivity index (χ1n) is 8.55. The molecule has 0 nitrogen and oxygen atoms in total. The van der Waals surface area contributed by atoms with E-state index in [1.54, 1.807) is 0 Å². The summed E-state index contributed by atoms with van der Waals surface area (Å²) in [4.78, 5) is 0. The minimum Gasteiger partial charge on any atom is -0.0761 e. The SMILES string of the molecule is C1=CC2c3ccccc3-c3ccc(-c4ccccc4)cc3C2C=C1. The quantitative estimate of drug-likeness (QED) is 0.493. The van der Waals surface area contributed by atoms with Gasteiger partial charge in [-0.15, -0.1) is 0 Å². The molecule has 0 heteroatoms. The van der Waals surface area contributed by atoms with Gasteiger partial charge in [-0.2, -0.15) is 0 Å². The zero-order valence-electron chi connectivity index (χ0n) is 13.4. The van der Waals surface area contributed by atoms with E-state index in [2.05, 4.69) is 97.1 Å². The molecular formula is C24H18. The first-order chi connectivity index (χ1) is 11.9. The fourth-order valence-corrected chi connectivity index (χ4v) is 4.13. The number of rotatable bonds is 1. The van der Waals surface area contributed by atoms with Crippen LogP contribution in [0.15, 0.2) is 97.1 Å². The largest absolute Gasteiger partial charge is 0.0761 e. The molecule has 0 saturated heterocycles. The van der Waals surface area contributed by atoms with Crippen LogP contribution in [0.25, 0.3) is 22.3 Å². The first kappa shape index (κ1) is 13.6. The Morgan fingerprint density at radius 2 is 1.17 bits per heavy atom. The molecule has 0 saturated carbocycles. The minimum atomic E-state index is 0.434. The molecule has 3 aromatic carbocycles. The summed E-state index contributed by atoms with van der Waals surface area (Å²) in [5.41, 5.74) is 8.24. The van der Waals surface area contributed by atoms with E-state index in [1.165, 1.54) is 33.4 Å². The van der Waals surface area contributed by atoms with Crippen LogP contribution in [0.2, 0.25) is 0 Å². The lowest BCUT2D eigenvalue weighted by Crippen LogP contribution is -2.16. The third kappa shape index (κ3) is 2.00. The van der Waals surface area contributed by atoms with Crippen LogP contribution in [-0.4, -0.2) is 0 Å². The first-order valence-corrected chi connectivity index (χ1v) is 8.55. The predicted octanol–water partition coefficient (Wildman–Crippen LogP) is 6.33. The molecule has 0 fully saturated rings. The van der Waals surface area contributed by atoms with Crippen LogP contribution in [0.4, 0.5) is 0 Å². The fourth-order valence-electron chi connectivity index (χ4n) is 4.13. The van der Waals surface area contributed by atoms with Gasteiger partial charge in [0.15, 0.2) is 0 Å². The van der Waals surface area contributed by atoms with Crippen molar-refractivity contribution in [2.24, 2.45) is 0 Å². The van der Waals surface area contributed by atoms with E-state index >= 15 is 0 Å². The Hall–Kier alpha value is -2.86. The number of hydrogen-bond acceptors (Lipinski definition) is 0. The van der Waals surface area contributed by atoms with Gasteiger partial charge in [0.25, 0.3) is 0 Å². The molecule has 0 aliphatic heterocycles. The summed E-state index contributed by atoms with van der Waals surface area (Å²) in [5, 5.41) is 0. The monoisotopic (exact) mass is 306 g/mol. The standard InChI is InChI=1S/C24H18/c1-2-8-17(9-3-1)18-14-15-23-21-12-5-4-10-19(21)20-11-6-7-13-22(20)24(23)16-18/h1-16,20,22H. The van der Waals surface area contributed by atoms with Gasteiger partial charge in [-0.25, -0.2) is 0 Å². The molecule has 2 unspecified atom stereocenters. The average molecular weight is 306 g/mol. The van der Waals surface area contributed by atoms with Crippen LogP contribution < -0.4 is 0 Å². The third-order valence-corrected chi connectivity index (χ3v) is 5.26. The van der Waals surface area contributed by atoms with Gasteiger partial charge in [-0.05, 0) is 39.4 Å². The van der Waals surface area contributed by atoms with E-state index in [-0.39, 0.29) is 0 Å². The van der Waals surface area contributed by atoms with E-state index in [0.29, 0.717) is 11.8 Å². The van der Waals surface area contributed by atoms with E-state index < -0.39 is 0 Å². The highest BCUT2D eigenvalue weighted by Crippen LogP contribution is 2.49. The van der Waals surface area contributed by atoms with Crippen LogP contribution >= 0.6 is 0 Å². The number of benzene rings is 3. The minimum absolute atomic E-state index is 0.434. The van der Waals surface area contributed by atoms with Crippen molar-refractivity contribution < 1.29 is 0 Å². The van der Waals surface area contributed by atoms with Crippen molar-refractivity contribution in [3.63, 3.8) is 0 Å². The molecule has 2 aliphatic carbocycles. The maximum absolute atomic E-state index is 2.39. The molecule has 5 rings (SSSR count). The van der Waals surface area contributed by atoms with Crippen molar-refractivity contribution in [1.29, 1.82) is 0 Å². The van der Waals surface area contributed by atoms with Gasteiger partial charge in [0.05, 0.1) is 0 Å². The Bertz CT molecular complexity index is 960. The maximum Gasteiger partial charge on any atom is 0.0131 e. The predicted molar refractivity (Wildman–Crippen MR) is 101 cm³/mol. The number of allylic oxidation sites excluding steroid dienone is 4. The molecule has 114 valence electrons. The molecule has 0 aromatic heterocycles. The zero-order valence-corrected chi connectivity index (χ0v) is 13.4. The zero-order chi connectivity index (χ0) is 15.9.